The molecular weight excluding hydrogens is 460 g/mol. The highest BCUT2D eigenvalue weighted by molar-refractivity contribution is 5.89. The molecule has 3 heterocycles. The Hall–Kier alpha value is -4.09. The number of hydrogen-bond acceptors (Lipinski definition) is 4. The Morgan fingerprint density at radius 3 is 2.14 bits per heavy atom. The number of nitrogens with zero attached hydrogens (tertiary/aromatic N) is 5. The van der Waals surface area contributed by atoms with Crippen LogP contribution in [-0.2, 0) is 7.05 Å². The van der Waals surface area contributed by atoms with Crippen LogP contribution in [0.3, 0.4) is 0 Å². The molecule has 1 aliphatic heterocycles. The molecule has 182 valence electrons. The molecular formula is C28H25F2N5O. The van der Waals surface area contributed by atoms with Crippen molar-refractivity contribution in [1.29, 1.82) is 0 Å². The predicted octanol–water partition coefficient (Wildman–Crippen LogP) is 5.06. The van der Waals surface area contributed by atoms with Crippen LogP contribution in [0, 0.1) is 18.2 Å². The molecule has 36 heavy (non-hydrogen) atoms. The Kier molecular flexibility index (Phi) is 6.25. The lowest BCUT2D eigenvalue weighted by Crippen LogP contribution is -2.53. The third-order valence-corrected chi connectivity index (χ3v) is 6.87. The monoisotopic (exact) mass is 485 g/mol. The molecule has 0 radical (unpaired) electrons. The zero-order chi connectivity index (χ0) is 25.4. The second kappa shape index (κ2) is 9.51. The number of aryl methyl sites for hydroxylation is 1. The molecule has 8 heteroatoms. The molecule has 1 atom stereocenters. The van der Waals surface area contributed by atoms with Crippen LogP contribution in [0.4, 0.5) is 20.3 Å². The highest BCUT2D eigenvalue weighted by atomic mass is 19.1. The standard InChI is InChI=1S/C28H25F2N5O/c1-18-17-34(28(19-4-8-21(29)9-5-19)20-6-10-22(30)11-7-20)14-15-35(18)24-16-26(36)33(3)23-12-13-25(31-2)32-27(23)24/h4-13,16,18,28H,14-15,17H2,1,3H3/t18-/m1/s1. The van der Waals surface area contributed by atoms with Gasteiger partial charge in [0.15, 0.2) is 0 Å². The summed E-state index contributed by atoms with van der Waals surface area (Å²) < 4.78 is 28.9. The smallest absolute Gasteiger partial charge is 0.270 e. The number of pyridine rings is 2. The predicted molar refractivity (Wildman–Crippen MR) is 136 cm³/mol. The SMILES string of the molecule is [C-]#[N+]c1ccc2c(n1)c(N1CCN(C(c3ccc(F)cc3)c3ccc(F)cc3)C[C@H]1C)cc(=O)n2C. The largest absolute Gasteiger partial charge is 0.363 e. The summed E-state index contributed by atoms with van der Waals surface area (Å²) in [5.41, 5.74) is 3.72. The molecule has 6 nitrogen and oxygen atoms in total. The van der Waals surface area contributed by atoms with E-state index < -0.39 is 0 Å². The lowest BCUT2D eigenvalue weighted by atomic mass is 9.95. The lowest BCUT2D eigenvalue weighted by molar-refractivity contribution is 0.188. The zero-order valence-corrected chi connectivity index (χ0v) is 20.0. The minimum absolute atomic E-state index is 0.0100. The van der Waals surface area contributed by atoms with E-state index in [-0.39, 0.29) is 35.1 Å². The van der Waals surface area contributed by atoms with Gasteiger partial charge in [0.1, 0.15) is 11.6 Å². The fourth-order valence-corrected chi connectivity index (χ4v) is 5.07. The number of hydrogen-bond donors (Lipinski definition) is 0. The summed E-state index contributed by atoms with van der Waals surface area (Å²) in [6.07, 6.45) is 0. The second-order valence-corrected chi connectivity index (χ2v) is 9.12. The normalized spacial score (nSPS) is 16.4. The van der Waals surface area contributed by atoms with E-state index in [0.717, 1.165) is 11.1 Å². The molecule has 1 fully saturated rings. The van der Waals surface area contributed by atoms with Crippen LogP contribution >= 0.6 is 0 Å². The van der Waals surface area contributed by atoms with E-state index in [1.165, 1.54) is 24.3 Å². The quantitative estimate of drug-likeness (QED) is 0.379. The maximum atomic E-state index is 13.7. The summed E-state index contributed by atoms with van der Waals surface area (Å²) in [4.78, 5) is 25.2. The maximum Gasteiger partial charge on any atom is 0.270 e. The first kappa shape index (κ1) is 23.6. The Balaban J connectivity index is 1.51. The van der Waals surface area contributed by atoms with E-state index >= 15 is 0 Å². The summed E-state index contributed by atoms with van der Waals surface area (Å²) in [7, 11) is 1.70. The fourth-order valence-electron chi connectivity index (χ4n) is 5.07. The number of anilines is 1. The van der Waals surface area contributed by atoms with Gasteiger partial charge >= 0.3 is 0 Å². The highest BCUT2D eigenvalue weighted by Gasteiger charge is 2.32. The second-order valence-electron chi connectivity index (χ2n) is 9.12. The molecule has 4 aromatic rings. The van der Waals surface area contributed by atoms with Gasteiger partial charge in [0.05, 0.1) is 17.2 Å². The molecule has 2 aromatic heterocycles. The first-order chi connectivity index (χ1) is 17.4. The van der Waals surface area contributed by atoms with Crippen LogP contribution in [0.1, 0.15) is 24.1 Å². The number of piperazine rings is 1. The van der Waals surface area contributed by atoms with Crippen LogP contribution < -0.4 is 10.5 Å². The summed E-state index contributed by atoms with van der Waals surface area (Å²) >= 11 is 0. The van der Waals surface area contributed by atoms with Crippen molar-refractivity contribution in [2.75, 3.05) is 24.5 Å². The van der Waals surface area contributed by atoms with Crippen LogP contribution in [0.15, 0.2) is 71.5 Å². The lowest BCUT2D eigenvalue weighted by Gasteiger charge is -2.44. The van der Waals surface area contributed by atoms with Gasteiger partial charge in [-0.05, 0) is 54.4 Å². The molecule has 0 bridgehead atoms. The summed E-state index contributed by atoms with van der Waals surface area (Å²) in [6, 6.07) is 17.7. The van der Waals surface area contributed by atoms with Crippen molar-refractivity contribution < 1.29 is 8.78 Å². The van der Waals surface area contributed by atoms with Gasteiger partial charge in [-0.2, -0.15) is 0 Å². The van der Waals surface area contributed by atoms with E-state index in [1.807, 2.05) is 0 Å². The summed E-state index contributed by atoms with van der Waals surface area (Å²) in [5.74, 6) is -0.335. The van der Waals surface area contributed by atoms with Crippen LogP contribution in [0.2, 0.25) is 0 Å². The summed E-state index contributed by atoms with van der Waals surface area (Å²) in [5, 5.41) is 0. The number of aromatic nitrogens is 2. The molecule has 0 amide bonds. The van der Waals surface area contributed by atoms with Crippen molar-refractivity contribution in [3.8, 4) is 0 Å². The van der Waals surface area contributed by atoms with E-state index in [9.17, 15) is 13.6 Å². The molecule has 0 saturated carbocycles. The van der Waals surface area contributed by atoms with Gasteiger partial charge in [0.25, 0.3) is 11.4 Å². The van der Waals surface area contributed by atoms with Gasteiger partial charge in [-0.3, -0.25) is 9.69 Å². The molecule has 0 spiro atoms. The zero-order valence-electron chi connectivity index (χ0n) is 20.0. The summed E-state index contributed by atoms with van der Waals surface area (Å²) in [6.45, 7) is 11.4. The maximum absolute atomic E-state index is 13.7. The molecule has 0 aliphatic carbocycles. The van der Waals surface area contributed by atoms with Crippen LogP contribution in [0.25, 0.3) is 15.9 Å². The number of rotatable bonds is 4. The Morgan fingerprint density at radius 2 is 1.58 bits per heavy atom. The topological polar surface area (TPSA) is 45.7 Å². The Labute approximate surface area is 207 Å². The number of fused-ring (bicyclic) bond motifs is 1. The van der Waals surface area contributed by atoms with Gasteiger partial charge in [0, 0.05) is 38.8 Å². The third-order valence-electron chi connectivity index (χ3n) is 6.87. The van der Waals surface area contributed by atoms with Crippen molar-refractivity contribution in [2.24, 2.45) is 7.05 Å². The van der Waals surface area contributed by atoms with Crippen LogP contribution in [0.5, 0.6) is 0 Å². The van der Waals surface area contributed by atoms with Crippen molar-refractivity contribution in [3.05, 3.63) is 111 Å². The molecule has 0 unspecified atom stereocenters. The van der Waals surface area contributed by atoms with Crippen molar-refractivity contribution >= 4 is 22.5 Å². The Bertz CT molecular complexity index is 1460. The van der Waals surface area contributed by atoms with Crippen molar-refractivity contribution in [1.82, 2.24) is 14.5 Å². The molecule has 1 saturated heterocycles. The van der Waals surface area contributed by atoms with E-state index in [0.29, 0.717) is 36.4 Å². The van der Waals surface area contributed by atoms with Gasteiger partial charge in [-0.1, -0.05) is 30.8 Å². The highest BCUT2D eigenvalue weighted by Crippen LogP contribution is 2.34. The van der Waals surface area contributed by atoms with Crippen molar-refractivity contribution in [2.45, 2.75) is 19.0 Å². The average Bonchev–Trinajstić information content (AvgIpc) is 2.88. The van der Waals surface area contributed by atoms with E-state index in [1.54, 1.807) is 54.1 Å². The van der Waals surface area contributed by atoms with E-state index in [2.05, 4.69) is 26.6 Å². The third kappa shape index (κ3) is 4.34. The van der Waals surface area contributed by atoms with Gasteiger partial charge in [-0.15, -0.1) is 4.98 Å². The molecule has 2 aromatic carbocycles. The number of benzene rings is 2. The molecule has 1 aliphatic rings. The van der Waals surface area contributed by atoms with Gasteiger partial charge in [0.2, 0.25) is 5.52 Å². The fraction of sp³-hybridized carbons (Fsp3) is 0.250. The van der Waals surface area contributed by atoms with Gasteiger partial charge in [-0.25, -0.2) is 8.78 Å². The minimum Gasteiger partial charge on any atom is -0.363 e. The van der Waals surface area contributed by atoms with Crippen molar-refractivity contribution in [3.63, 3.8) is 0 Å². The van der Waals surface area contributed by atoms with Crippen LogP contribution in [-0.4, -0.2) is 40.1 Å². The van der Waals surface area contributed by atoms with Gasteiger partial charge < -0.3 is 14.3 Å². The first-order valence-corrected chi connectivity index (χ1v) is 11.8. The van der Waals surface area contributed by atoms with E-state index in [4.69, 9.17) is 6.57 Å². The Morgan fingerprint density at radius 1 is 0.972 bits per heavy atom. The number of halogens is 2. The molecule has 5 rings (SSSR count). The molecule has 0 N–H and O–H groups in total. The average molecular weight is 486 g/mol. The first-order valence-electron chi connectivity index (χ1n) is 11.8. The minimum atomic E-state index is -0.307.